The van der Waals surface area contributed by atoms with Crippen LogP contribution in [-0.2, 0) is 22.9 Å². The maximum Gasteiger partial charge on any atom is 0.228 e. The number of piperazine rings is 1. The van der Waals surface area contributed by atoms with E-state index in [9.17, 15) is 8.42 Å². The predicted octanol–water partition coefficient (Wildman–Crippen LogP) is 1.84. The van der Waals surface area contributed by atoms with Crippen LogP contribution in [0.3, 0.4) is 0 Å². The van der Waals surface area contributed by atoms with Gasteiger partial charge in [-0.15, -0.1) is 0 Å². The van der Waals surface area contributed by atoms with Crippen LogP contribution in [0.4, 0.5) is 5.95 Å². The molecule has 0 amide bonds. The third-order valence-electron chi connectivity index (χ3n) is 5.34. The molecule has 0 N–H and O–H groups in total. The van der Waals surface area contributed by atoms with Crippen molar-refractivity contribution in [2.24, 2.45) is 0 Å². The van der Waals surface area contributed by atoms with Gasteiger partial charge in [0.25, 0.3) is 0 Å². The Kier molecular flexibility index (Phi) is 6.10. The van der Waals surface area contributed by atoms with Gasteiger partial charge in [-0.05, 0) is 11.6 Å². The van der Waals surface area contributed by atoms with Crippen molar-refractivity contribution in [2.45, 2.75) is 25.2 Å². The van der Waals surface area contributed by atoms with Gasteiger partial charge >= 0.3 is 0 Å². The van der Waals surface area contributed by atoms with Crippen LogP contribution < -0.4 is 4.90 Å². The molecule has 1 aliphatic heterocycles. The summed E-state index contributed by atoms with van der Waals surface area (Å²) in [4.78, 5) is 17.4. The summed E-state index contributed by atoms with van der Waals surface area (Å²) < 4.78 is 27.0. The normalized spacial score (nSPS) is 15.4. The van der Waals surface area contributed by atoms with Crippen LogP contribution in [0.2, 0.25) is 0 Å². The summed E-state index contributed by atoms with van der Waals surface area (Å²) in [6.45, 7) is 6.16. The molecule has 2 aromatic heterocycles. The van der Waals surface area contributed by atoms with Crippen LogP contribution in [0.1, 0.15) is 18.2 Å². The van der Waals surface area contributed by atoms with Crippen LogP contribution in [0, 0.1) is 0 Å². The molecule has 1 aliphatic rings. The van der Waals surface area contributed by atoms with Crippen molar-refractivity contribution in [3.05, 3.63) is 66.2 Å². The van der Waals surface area contributed by atoms with E-state index in [-0.39, 0.29) is 10.9 Å². The Labute approximate surface area is 177 Å². The van der Waals surface area contributed by atoms with Gasteiger partial charge in [0.2, 0.25) is 20.9 Å². The van der Waals surface area contributed by atoms with Crippen molar-refractivity contribution in [1.82, 2.24) is 24.4 Å². The minimum Gasteiger partial charge on any atom is -0.338 e. The van der Waals surface area contributed by atoms with E-state index in [1.54, 1.807) is 25.5 Å². The summed E-state index contributed by atoms with van der Waals surface area (Å²) in [6.07, 6.45) is 5.22. The van der Waals surface area contributed by atoms with Crippen molar-refractivity contribution in [1.29, 1.82) is 0 Å². The molecule has 9 heteroatoms. The largest absolute Gasteiger partial charge is 0.338 e. The van der Waals surface area contributed by atoms with Gasteiger partial charge in [0.1, 0.15) is 0 Å². The van der Waals surface area contributed by atoms with Crippen molar-refractivity contribution >= 4 is 15.8 Å². The van der Waals surface area contributed by atoms with Crippen LogP contribution >= 0.6 is 0 Å². The second-order valence-electron chi connectivity index (χ2n) is 7.32. The van der Waals surface area contributed by atoms with Gasteiger partial charge < -0.3 is 9.47 Å². The molecule has 4 rings (SSSR count). The standard InChI is InChI=1S/C21H26N6O2S/c1-2-30(28,29)21-24-15-19(27(21)16-18-7-4-3-5-8-18)17-25-11-13-26(14-12-25)20-22-9-6-10-23-20/h3-10,15H,2,11-14,16-17H2,1H3. The lowest BCUT2D eigenvalue weighted by Crippen LogP contribution is -2.46. The molecule has 158 valence electrons. The number of hydrogen-bond donors (Lipinski definition) is 0. The highest BCUT2D eigenvalue weighted by atomic mass is 32.2. The molecule has 30 heavy (non-hydrogen) atoms. The molecular weight excluding hydrogens is 400 g/mol. The first-order chi connectivity index (χ1) is 14.6. The maximum atomic E-state index is 12.6. The molecule has 0 bridgehead atoms. The molecule has 3 heterocycles. The minimum absolute atomic E-state index is 0.0357. The highest BCUT2D eigenvalue weighted by Gasteiger charge is 2.24. The lowest BCUT2D eigenvalue weighted by molar-refractivity contribution is 0.242. The van der Waals surface area contributed by atoms with Crippen molar-refractivity contribution in [3.63, 3.8) is 0 Å². The van der Waals surface area contributed by atoms with E-state index in [2.05, 4.69) is 24.8 Å². The highest BCUT2D eigenvalue weighted by molar-refractivity contribution is 7.91. The third kappa shape index (κ3) is 4.52. The smallest absolute Gasteiger partial charge is 0.228 e. The Morgan fingerprint density at radius 1 is 0.900 bits per heavy atom. The van der Waals surface area contributed by atoms with Gasteiger partial charge in [-0.3, -0.25) is 4.90 Å². The van der Waals surface area contributed by atoms with Crippen LogP contribution in [0.15, 0.2) is 60.1 Å². The topological polar surface area (TPSA) is 84.2 Å². The lowest BCUT2D eigenvalue weighted by atomic mass is 10.2. The highest BCUT2D eigenvalue weighted by Crippen LogP contribution is 2.19. The van der Waals surface area contributed by atoms with Gasteiger partial charge in [0.15, 0.2) is 0 Å². The summed E-state index contributed by atoms with van der Waals surface area (Å²) in [5.41, 5.74) is 1.96. The fourth-order valence-electron chi connectivity index (χ4n) is 3.62. The molecular formula is C21H26N6O2S. The number of anilines is 1. The molecule has 0 aliphatic carbocycles. The Morgan fingerprint density at radius 3 is 2.27 bits per heavy atom. The van der Waals surface area contributed by atoms with Gasteiger partial charge in [0, 0.05) is 45.1 Å². The number of benzene rings is 1. The van der Waals surface area contributed by atoms with E-state index in [1.165, 1.54) is 0 Å². The Bertz CT molecular complexity index is 1060. The first kappa shape index (κ1) is 20.5. The first-order valence-corrected chi connectivity index (χ1v) is 11.8. The molecule has 8 nitrogen and oxygen atoms in total. The van der Waals surface area contributed by atoms with Gasteiger partial charge in [-0.1, -0.05) is 37.3 Å². The van der Waals surface area contributed by atoms with Crippen molar-refractivity contribution in [2.75, 3.05) is 36.8 Å². The van der Waals surface area contributed by atoms with E-state index >= 15 is 0 Å². The number of imidazole rings is 1. The fourth-order valence-corrected chi connectivity index (χ4v) is 4.61. The molecule has 0 atom stereocenters. The van der Waals surface area contributed by atoms with E-state index in [1.807, 2.05) is 41.0 Å². The third-order valence-corrected chi connectivity index (χ3v) is 6.98. The van der Waals surface area contributed by atoms with Crippen LogP contribution in [-0.4, -0.2) is 64.8 Å². The molecule has 0 radical (unpaired) electrons. The summed E-state index contributed by atoms with van der Waals surface area (Å²) >= 11 is 0. The molecule has 0 unspecified atom stereocenters. The number of sulfone groups is 1. The average molecular weight is 427 g/mol. The van der Waals surface area contributed by atoms with Gasteiger partial charge in [-0.2, -0.15) is 0 Å². The zero-order chi connectivity index (χ0) is 21.0. The number of rotatable bonds is 7. The zero-order valence-electron chi connectivity index (χ0n) is 17.1. The number of aromatic nitrogens is 4. The van der Waals surface area contributed by atoms with E-state index in [0.717, 1.165) is 43.4 Å². The van der Waals surface area contributed by atoms with Gasteiger partial charge in [-0.25, -0.2) is 23.4 Å². The quantitative estimate of drug-likeness (QED) is 0.570. The predicted molar refractivity (Wildman–Crippen MR) is 115 cm³/mol. The SMILES string of the molecule is CCS(=O)(=O)c1ncc(CN2CCN(c3ncccn3)CC2)n1Cc1ccccc1. The van der Waals surface area contributed by atoms with Crippen molar-refractivity contribution in [3.8, 4) is 0 Å². The van der Waals surface area contributed by atoms with Gasteiger partial charge in [0.05, 0.1) is 24.2 Å². The lowest BCUT2D eigenvalue weighted by Gasteiger charge is -2.34. The number of nitrogens with zero attached hydrogens (tertiary/aromatic N) is 6. The van der Waals surface area contributed by atoms with Crippen LogP contribution in [0.25, 0.3) is 0 Å². The second kappa shape index (κ2) is 8.93. The number of hydrogen-bond acceptors (Lipinski definition) is 7. The molecule has 1 saturated heterocycles. The monoisotopic (exact) mass is 426 g/mol. The fraction of sp³-hybridized carbons (Fsp3) is 0.381. The summed E-state index contributed by atoms with van der Waals surface area (Å²) in [5.74, 6) is 0.788. The summed E-state index contributed by atoms with van der Waals surface area (Å²) in [5, 5.41) is 0.153. The molecule has 0 spiro atoms. The Hall–Kier alpha value is -2.78. The maximum absolute atomic E-state index is 12.6. The van der Waals surface area contributed by atoms with E-state index in [0.29, 0.717) is 13.1 Å². The van der Waals surface area contributed by atoms with Crippen LogP contribution in [0.5, 0.6) is 0 Å². The zero-order valence-corrected chi connectivity index (χ0v) is 17.9. The van der Waals surface area contributed by atoms with E-state index < -0.39 is 9.84 Å². The minimum atomic E-state index is -3.41. The molecule has 0 saturated carbocycles. The molecule has 3 aromatic rings. The first-order valence-electron chi connectivity index (χ1n) is 10.1. The second-order valence-corrected chi connectivity index (χ2v) is 9.49. The Balaban J connectivity index is 1.51. The molecule has 1 fully saturated rings. The summed E-state index contributed by atoms with van der Waals surface area (Å²) in [6, 6.07) is 11.7. The molecule has 1 aromatic carbocycles. The average Bonchev–Trinajstić information content (AvgIpc) is 3.18. The van der Waals surface area contributed by atoms with Crippen molar-refractivity contribution < 1.29 is 8.42 Å². The Morgan fingerprint density at radius 2 is 1.60 bits per heavy atom. The van der Waals surface area contributed by atoms with E-state index in [4.69, 9.17) is 0 Å². The summed E-state index contributed by atoms with van der Waals surface area (Å²) in [7, 11) is -3.41.